The molecular formula is C30H35Br2ClN4O. The van der Waals surface area contributed by atoms with E-state index in [4.69, 9.17) is 16.6 Å². The third-order valence-corrected chi connectivity index (χ3v) is 10.4. The van der Waals surface area contributed by atoms with Gasteiger partial charge in [-0.25, -0.2) is 0 Å². The van der Waals surface area contributed by atoms with Gasteiger partial charge in [-0.2, -0.15) is 0 Å². The monoisotopic (exact) mass is 660 g/mol. The van der Waals surface area contributed by atoms with Gasteiger partial charge in [0, 0.05) is 71.6 Å². The lowest BCUT2D eigenvalue weighted by Gasteiger charge is -2.38. The molecule has 202 valence electrons. The van der Waals surface area contributed by atoms with E-state index in [0.717, 1.165) is 91.6 Å². The van der Waals surface area contributed by atoms with Crippen molar-refractivity contribution in [2.45, 2.75) is 63.7 Å². The molecule has 0 unspecified atom stereocenters. The predicted octanol–water partition coefficient (Wildman–Crippen LogP) is 7.02. The zero-order valence-electron chi connectivity index (χ0n) is 21.8. The van der Waals surface area contributed by atoms with Crippen molar-refractivity contribution < 1.29 is 4.79 Å². The number of fused-ring (bicyclic) bond motifs is 2. The Morgan fingerprint density at radius 1 is 0.974 bits per heavy atom. The Kier molecular flexibility index (Phi) is 8.16. The summed E-state index contributed by atoms with van der Waals surface area (Å²) in [5.41, 5.74) is 5.17. The number of nitrogens with zero attached hydrogens (tertiary/aromatic N) is 4. The smallest absolute Gasteiger partial charge is 0.222 e. The Morgan fingerprint density at radius 3 is 2.47 bits per heavy atom. The molecule has 1 atom stereocenters. The maximum Gasteiger partial charge on any atom is 0.222 e. The highest BCUT2D eigenvalue weighted by Gasteiger charge is 2.36. The lowest BCUT2D eigenvalue weighted by Crippen LogP contribution is -2.42. The van der Waals surface area contributed by atoms with E-state index in [1.165, 1.54) is 34.6 Å². The zero-order valence-corrected chi connectivity index (χ0v) is 25.7. The van der Waals surface area contributed by atoms with Crippen LogP contribution < -0.4 is 0 Å². The fourth-order valence-electron chi connectivity index (χ4n) is 7.07. The lowest BCUT2D eigenvalue weighted by molar-refractivity contribution is -0.134. The van der Waals surface area contributed by atoms with Crippen LogP contribution in [0.4, 0.5) is 0 Å². The summed E-state index contributed by atoms with van der Waals surface area (Å²) in [6.45, 7) is 4.77. The van der Waals surface area contributed by atoms with Crippen molar-refractivity contribution in [2.24, 2.45) is 16.8 Å². The summed E-state index contributed by atoms with van der Waals surface area (Å²) in [5, 5.41) is 0.775. The fourth-order valence-corrected chi connectivity index (χ4v) is 8.57. The fraction of sp³-hybridized carbons (Fsp3) is 0.567. The molecule has 6 rings (SSSR count). The molecule has 1 aromatic carbocycles. The van der Waals surface area contributed by atoms with Crippen LogP contribution in [-0.2, 0) is 17.6 Å². The van der Waals surface area contributed by atoms with Gasteiger partial charge in [0.25, 0.3) is 0 Å². The molecule has 0 radical (unpaired) electrons. The van der Waals surface area contributed by atoms with E-state index in [9.17, 15) is 4.79 Å². The minimum Gasteiger partial charge on any atom is -0.360 e. The number of amidine groups is 1. The number of aryl methyl sites for hydroxylation is 2. The first-order chi connectivity index (χ1) is 18.5. The van der Waals surface area contributed by atoms with Crippen LogP contribution in [0.25, 0.3) is 0 Å². The summed E-state index contributed by atoms with van der Waals surface area (Å²) >= 11 is 14.0. The molecule has 4 heterocycles. The third kappa shape index (κ3) is 5.57. The maximum atomic E-state index is 13.3. The number of rotatable bonds is 3. The SMILES string of the molecule is O=C(CC1CCN(C2=NCCC2)CC1)N1CCC([C@H]2c3ncc(Br)cc3CCc3cc(Cl)cc(Br)c32)CC1. The summed E-state index contributed by atoms with van der Waals surface area (Å²) in [7, 11) is 0. The molecule has 2 fully saturated rings. The molecule has 0 spiro atoms. The number of benzene rings is 1. The van der Waals surface area contributed by atoms with Gasteiger partial charge in [0.15, 0.2) is 0 Å². The van der Waals surface area contributed by atoms with Crippen LogP contribution in [0, 0.1) is 11.8 Å². The van der Waals surface area contributed by atoms with Gasteiger partial charge in [-0.15, -0.1) is 0 Å². The van der Waals surface area contributed by atoms with Crippen LogP contribution in [0.5, 0.6) is 0 Å². The van der Waals surface area contributed by atoms with E-state index in [1.54, 1.807) is 0 Å². The second-order valence-corrected chi connectivity index (χ2v) is 13.6. The second-order valence-electron chi connectivity index (χ2n) is 11.4. The first-order valence-corrected chi connectivity index (χ1v) is 16.1. The largest absolute Gasteiger partial charge is 0.360 e. The number of hydrogen-bond acceptors (Lipinski definition) is 4. The van der Waals surface area contributed by atoms with E-state index in [2.05, 4.69) is 58.8 Å². The van der Waals surface area contributed by atoms with Crippen molar-refractivity contribution in [3.05, 3.63) is 60.7 Å². The Hall–Kier alpha value is -1.44. The summed E-state index contributed by atoms with van der Waals surface area (Å²) < 4.78 is 2.11. The summed E-state index contributed by atoms with van der Waals surface area (Å²) in [6, 6.07) is 6.40. The van der Waals surface area contributed by atoms with Gasteiger partial charge in [-0.1, -0.05) is 27.5 Å². The molecule has 1 aromatic heterocycles. The maximum absolute atomic E-state index is 13.3. The van der Waals surface area contributed by atoms with Gasteiger partial charge in [0.05, 0.1) is 11.5 Å². The molecule has 0 N–H and O–H groups in total. The van der Waals surface area contributed by atoms with E-state index in [-0.39, 0.29) is 5.92 Å². The highest BCUT2D eigenvalue weighted by Crippen LogP contribution is 2.46. The molecular weight excluding hydrogens is 628 g/mol. The molecule has 8 heteroatoms. The first kappa shape index (κ1) is 26.8. The van der Waals surface area contributed by atoms with Crippen LogP contribution in [0.2, 0.25) is 5.02 Å². The van der Waals surface area contributed by atoms with Crippen LogP contribution in [-0.4, -0.2) is 59.3 Å². The third-order valence-electron chi connectivity index (χ3n) is 9.08. The van der Waals surface area contributed by atoms with E-state index in [1.807, 2.05) is 12.3 Å². The van der Waals surface area contributed by atoms with E-state index >= 15 is 0 Å². The molecule has 0 bridgehead atoms. The normalized spacial score (nSPS) is 22.6. The van der Waals surface area contributed by atoms with Gasteiger partial charge in [0.1, 0.15) is 0 Å². The van der Waals surface area contributed by atoms with E-state index < -0.39 is 0 Å². The minimum absolute atomic E-state index is 0.210. The molecule has 2 aromatic rings. The number of carbonyl (C=O) groups excluding carboxylic acids is 1. The summed E-state index contributed by atoms with van der Waals surface area (Å²) in [6.07, 6.45) is 11.1. The number of hydrogen-bond donors (Lipinski definition) is 0. The summed E-state index contributed by atoms with van der Waals surface area (Å²) in [5.74, 6) is 2.80. The number of pyridine rings is 1. The average molecular weight is 663 g/mol. The standard InChI is InChI=1S/C30H35Br2ClN4O/c31-23-15-22-4-3-21-16-24(33)17-25(32)28(21)29(30(22)35-18-23)20-7-12-37(13-8-20)27(38)14-19-5-10-36(11-6-19)26-2-1-9-34-26/h15-20,29H,1-14H2/t29-/m1/s1. The number of carbonyl (C=O) groups is 1. The van der Waals surface area contributed by atoms with Crippen molar-refractivity contribution in [2.75, 3.05) is 32.7 Å². The number of aliphatic imine (C=N–C) groups is 1. The zero-order chi connectivity index (χ0) is 26.2. The van der Waals surface area contributed by atoms with Crippen LogP contribution >= 0.6 is 43.5 Å². The highest BCUT2D eigenvalue weighted by molar-refractivity contribution is 9.10. The van der Waals surface area contributed by atoms with Gasteiger partial charge < -0.3 is 9.80 Å². The molecule has 0 saturated carbocycles. The summed E-state index contributed by atoms with van der Waals surface area (Å²) in [4.78, 5) is 27.5. The molecule has 3 aliphatic heterocycles. The number of aromatic nitrogens is 1. The van der Waals surface area contributed by atoms with Crippen LogP contribution in [0.3, 0.4) is 0 Å². The van der Waals surface area contributed by atoms with Gasteiger partial charge in [-0.05, 0) is 108 Å². The average Bonchev–Trinajstić information content (AvgIpc) is 3.40. The molecule has 1 amide bonds. The lowest BCUT2D eigenvalue weighted by atomic mass is 9.76. The Balaban J connectivity index is 1.13. The van der Waals surface area contributed by atoms with E-state index in [0.29, 0.717) is 24.2 Å². The molecule has 1 aliphatic carbocycles. The first-order valence-electron chi connectivity index (χ1n) is 14.1. The van der Waals surface area contributed by atoms with Crippen molar-refractivity contribution in [3.8, 4) is 0 Å². The Bertz CT molecular complexity index is 1230. The number of piperidine rings is 2. The number of halogens is 3. The molecule has 4 aliphatic rings. The Labute approximate surface area is 247 Å². The van der Waals surface area contributed by atoms with Crippen molar-refractivity contribution in [1.82, 2.24) is 14.8 Å². The van der Waals surface area contributed by atoms with Crippen molar-refractivity contribution in [3.63, 3.8) is 0 Å². The second kappa shape index (κ2) is 11.6. The van der Waals surface area contributed by atoms with Gasteiger partial charge >= 0.3 is 0 Å². The molecule has 38 heavy (non-hydrogen) atoms. The highest BCUT2D eigenvalue weighted by atomic mass is 79.9. The van der Waals surface area contributed by atoms with Crippen LogP contribution in [0.1, 0.15) is 73.2 Å². The topological polar surface area (TPSA) is 48.8 Å². The van der Waals surface area contributed by atoms with Crippen LogP contribution in [0.15, 0.2) is 38.3 Å². The number of amides is 1. The number of likely N-dealkylation sites (tertiary alicyclic amines) is 2. The van der Waals surface area contributed by atoms with Gasteiger partial charge in [0.2, 0.25) is 5.91 Å². The van der Waals surface area contributed by atoms with Gasteiger partial charge in [-0.3, -0.25) is 14.8 Å². The van der Waals surface area contributed by atoms with Crippen molar-refractivity contribution in [1.29, 1.82) is 0 Å². The molecule has 5 nitrogen and oxygen atoms in total. The minimum atomic E-state index is 0.210. The predicted molar refractivity (Wildman–Crippen MR) is 160 cm³/mol. The quantitative estimate of drug-likeness (QED) is 0.355. The molecule has 2 saturated heterocycles. The van der Waals surface area contributed by atoms with Crippen molar-refractivity contribution >= 4 is 55.2 Å². The Morgan fingerprint density at radius 2 is 1.74 bits per heavy atom.